The maximum absolute atomic E-state index is 13.5. The highest BCUT2D eigenvalue weighted by Crippen LogP contribution is 2.21. The van der Waals surface area contributed by atoms with Crippen LogP contribution in [0.25, 0.3) is 0 Å². The first-order chi connectivity index (χ1) is 8.20. The fourth-order valence-corrected chi connectivity index (χ4v) is 1.57. The second-order valence-corrected chi connectivity index (χ2v) is 3.76. The molecule has 17 heavy (non-hydrogen) atoms. The summed E-state index contributed by atoms with van der Waals surface area (Å²) in [5.74, 6) is 3.62. The van der Waals surface area contributed by atoms with Gasteiger partial charge in [0.15, 0.2) is 11.6 Å². The van der Waals surface area contributed by atoms with Crippen LogP contribution in [0, 0.1) is 11.6 Å². The molecule has 0 aromatic heterocycles. The normalized spacial score (nSPS) is 12.7. The van der Waals surface area contributed by atoms with E-state index < -0.39 is 17.7 Å². The van der Waals surface area contributed by atoms with Gasteiger partial charge in [0.2, 0.25) is 0 Å². The Bertz CT molecular complexity index is 347. The molecule has 0 spiro atoms. The van der Waals surface area contributed by atoms with Crippen LogP contribution >= 0.6 is 0 Å². The van der Waals surface area contributed by atoms with E-state index in [1.54, 1.807) is 0 Å². The Kier molecular flexibility index (Phi) is 6.04. The van der Waals surface area contributed by atoms with E-state index in [0.29, 0.717) is 19.6 Å². The van der Waals surface area contributed by atoms with E-state index in [0.717, 1.165) is 12.5 Å². The molecule has 0 saturated heterocycles. The summed E-state index contributed by atoms with van der Waals surface area (Å²) in [6, 6.07) is 3.62. The molecule has 0 fully saturated rings. The van der Waals surface area contributed by atoms with Gasteiger partial charge in [-0.05, 0) is 18.9 Å². The molecule has 3 nitrogen and oxygen atoms in total. The first kappa shape index (κ1) is 14.0. The number of benzene rings is 1. The highest BCUT2D eigenvalue weighted by molar-refractivity contribution is 5.22. The van der Waals surface area contributed by atoms with Crippen molar-refractivity contribution in [3.05, 3.63) is 35.4 Å². The van der Waals surface area contributed by atoms with E-state index in [-0.39, 0.29) is 5.56 Å². The SMILES string of the molecule is CCCOCCC(NN)c1cccc(F)c1F. The molecule has 5 heteroatoms. The fraction of sp³-hybridized carbons (Fsp3) is 0.500. The summed E-state index contributed by atoms with van der Waals surface area (Å²) < 4.78 is 31.8. The van der Waals surface area contributed by atoms with Crippen molar-refractivity contribution in [2.45, 2.75) is 25.8 Å². The van der Waals surface area contributed by atoms with Gasteiger partial charge in [-0.3, -0.25) is 11.3 Å². The summed E-state index contributed by atoms with van der Waals surface area (Å²) in [5, 5.41) is 0. The molecule has 0 amide bonds. The van der Waals surface area contributed by atoms with Gasteiger partial charge < -0.3 is 4.74 Å². The minimum atomic E-state index is -0.864. The number of nitrogens with one attached hydrogen (secondary N) is 1. The third-order valence-corrected chi connectivity index (χ3v) is 2.46. The van der Waals surface area contributed by atoms with Crippen molar-refractivity contribution in [1.29, 1.82) is 0 Å². The van der Waals surface area contributed by atoms with Gasteiger partial charge in [-0.2, -0.15) is 0 Å². The molecule has 1 aromatic carbocycles. The second kappa shape index (κ2) is 7.32. The third-order valence-electron chi connectivity index (χ3n) is 2.46. The van der Waals surface area contributed by atoms with Crippen molar-refractivity contribution in [2.24, 2.45) is 5.84 Å². The Balaban J connectivity index is 2.63. The molecule has 0 aliphatic rings. The Hall–Kier alpha value is -1.04. The predicted octanol–water partition coefficient (Wildman–Crippen LogP) is 2.29. The molecular formula is C12H18F2N2O. The first-order valence-corrected chi connectivity index (χ1v) is 5.68. The number of hydrazine groups is 1. The molecule has 1 atom stereocenters. The number of hydrogen-bond donors (Lipinski definition) is 2. The molecule has 0 radical (unpaired) electrons. The van der Waals surface area contributed by atoms with Crippen LogP contribution in [0.4, 0.5) is 8.78 Å². The van der Waals surface area contributed by atoms with E-state index >= 15 is 0 Å². The van der Waals surface area contributed by atoms with Crippen molar-refractivity contribution in [3.63, 3.8) is 0 Å². The number of ether oxygens (including phenoxy) is 1. The molecule has 0 aliphatic carbocycles. The van der Waals surface area contributed by atoms with E-state index in [1.165, 1.54) is 12.1 Å². The van der Waals surface area contributed by atoms with Crippen LogP contribution in [0.15, 0.2) is 18.2 Å². The molecule has 1 rings (SSSR count). The number of halogens is 2. The molecular weight excluding hydrogens is 226 g/mol. The van der Waals surface area contributed by atoms with Crippen LogP contribution in [0.5, 0.6) is 0 Å². The lowest BCUT2D eigenvalue weighted by atomic mass is 10.0. The number of rotatable bonds is 7. The van der Waals surface area contributed by atoms with Gasteiger partial charge >= 0.3 is 0 Å². The summed E-state index contributed by atoms with van der Waals surface area (Å²) >= 11 is 0. The van der Waals surface area contributed by atoms with Gasteiger partial charge in [0.1, 0.15) is 0 Å². The Morgan fingerprint density at radius 1 is 1.35 bits per heavy atom. The summed E-state index contributed by atoms with van der Waals surface area (Å²) in [6.45, 7) is 3.12. The van der Waals surface area contributed by atoms with Crippen molar-refractivity contribution in [3.8, 4) is 0 Å². The minimum absolute atomic E-state index is 0.229. The predicted molar refractivity (Wildman–Crippen MR) is 62.1 cm³/mol. The van der Waals surface area contributed by atoms with Crippen LogP contribution < -0.4 is 11.3 Å². The highest BCUT2D eigenvalue weighted by Gasteiger charge is 2.16. The molecule has 3 N–H and O–H groups in total. The molecule has 1 unspecified atom stereocenters. The maximum Gasteiger partial charge on any atom is 0.163 e. The lowest BCUT2D eigenvalue weighted by molar-refractivity contribution is 0.124. The molecule has 0 heterocycles. The third kappa shape index (κ3) is 4.03. The zero-order chi connectivity index (χ0) is 12.7. The molecule has 96 valence electrons. The van der Waals surface area contributed by atoms with Gasteiger partial charge in [0, 0.05) is 18.8 Å². The largest absolute Gasteiger partial charge is 0.381 e. The molecule has 0 aliphatic heterocycles. The Morgan fingerprint density at radius 3 is 2.76 bits per heavy atom. The molecule has 1 aromatic rings. The summed E-state index contributed by atoms with van der Waals surface area (Å²) in [6.07, 6.45) is 1.42. The van der Waals surface area contributed by atoms with Crippen LogP contribution in [0.1, 0.15) is 31.4 Å². The summed E-state index contributed by atoms with van der Waals surface area (Å²) in [7, 11) is 0. The van der Waals surface area contributed by atoms with Crippen LogP contribution in [0.2, 0.25) is 0 Å². The van der Waals surface area contributed by atoms with Gasteiger partial charge in [-0.1, -0.05) is 19.1 Å². The summed E-state index contributed by atoms with van der Waals surface area (Å²) in [5.41, 5.74) is 2.71. The Morgan fingerprint density at radius 2 is 2.12 bits per heavy atom. The average molecular weight is 244 g/mol. The first-order valence-electron chi connectivity index (χ1n) is 5.68. The van der Waals surface area contributed by atoms with Gasteiger partial charge in [0.25, 0.3) is 0 Å². The number of hydrogen-bond acceptors (Lipinski definition) is 3. The number of nitrogens with two attached hydrogens (primary N) is 1. The van der Waals surface area contributed by atoms with Crippen molar-refractivity contribution < 1.29 is 13.5 Å². The van der Waals surface area contributed by atoms with E-state index in [9.17, 15) is 8.78 Å². The fourth-order valence-electron chi connectivity index (χ4n) is 1.57. The van der Waals surface area contributed by atoms with Gasteiger partial charge in [-0.15, -0.1) is 0 Å². The van der Waals surface area contributed by atoms with Gasteiger partial charge in [0.05, 0.1) is 6.04 Å². The van der Waals surface area contributed by atoms with Crippen molar-refractivity contribution >= 4 is 0 Å². The van der Waals surface area contributed by atoms with E-state index in [1.807, 2.05) is 6.92 Å². The van der Waals surface area contributed by atoms with Crippen LogP contribution in [-0.4, -0.2) is 13.2 Å². The lowest BCUT2D eigenvalue weighted by Crippen LogP contribution is -2.30. The standard InChI is InChI=1S/C12H18F2N2O/c1-2-7-17-8-6-11(16-15)9-4-3-5-10(13)12(9)14/h3-5,11,16H,2,6-8,15H2,1H3. The quantitative estimate of drug-likeness (QED) is 0.439. The van der Waals surface area contributed by atoms with E-state index in [2.05, 4.69) is 5.43 Å². The van der Waals surface area contributed by atoms with Crippen LogP contribution in [-0.2, 0) is 4.74 Å². The van der Waals surface area contributed by atoms with Gasteiger partial charge in [-0.25, -0.2) is 8.78 Å². The highest BCUT2D eigenvalue weighted by atomic mass is 19.2. The molecule has 0 bridgehead atoms. The second-order valence-electron chi connectivity index (χ2n) is 3.76. The average Bonchev–Trinajstić information content (AvgIpc) is 2.34. The van der Waals surface area contributed by atoms with Crippen LogP contribution in [0.3, 0.4) is 0 Å². The smallest absolute Gasteiger partial charge is 0.163 e. The van der Waals surface area contributed by atoms with E-state index in [4.69, 9.17) is 10.6 Å². The monoisotopic (exact) mass is 244 g/mol. The zero-order valence-electron chi connectivity index (χ0n) is 9.88. The maximum atomic E-state index is 13.5. The zero-order valence-corrected chi connectivity index (χ0v) is 9.88. The lowest BCUT2D eigenvalue weighted by Gasteiger charge is -2.17. The minimum Gasteiger partial charge on any atom is -0.381 e. The topological polar surface area (TPSA) is 47.3 Å². The summed E-state index contributed by atoms with van der Waals surface area (Å²) in [4.78, 5) is 0. The molecule has 0 saturated carbocycles. The van der Waals surface area contributed by atoms with Crippen molar-refractivity contribution in [2.75, 3.05) is 13.2 Å². The van der Waals surface area contributed by atoms with Crippen molar-refractivity contribution in [1.82, 2.24) is 5.43 Å². The Labute approximate surface area is 99.9 Å².